The number of rotatable bonds is 5. The van der Waals surface area contributed by atoms with Gasteiger partial charge in [-0.05, 0) is 38.9 Å². The molecule has 2 N–H and O–H groups in total. The van der Waals surface area contributed by atoms with Crippen LogP contribution < -0.4 is 5.32 Å². The molecule has 0 saturated carbocycles. The van der Waals surface area contributed by atoms with Crippen molar-refractivity contribution >= 4 is 41.1 Å². The molecule has 0 aliphatic carbocycles. The molecule has 7 heteroatoms. The van der Waals surface area contributed by atoms with E-state index in [1.54, 1.807) is 11.8 Å². The van der Waals surface area contributed by atoms with Crippen LogP contribution in [0, 0.1) is 0 Å². The van der Waals surface area contributed by atoms with Crippen LogP contribution in [0.1, 0.15) is 30.8 Å². The number of nitrogens with one attached hydrogen (secondary N) is 2. The van der Waals surface area contributed by atoms with Gasteiger partial charge >= 0.3 is 0 Å². The van der Waals surface area contributed by atoms with Crippen molar-refractivity contribution in [3.05, 3.63) is 30.1 Å². The van der Waals surface area contributed by atoms with Gasteiger partial charge in [0.25, 0.3) is 0 Å². The number of para-hydroxylation sites is 2. The van der Waals surface area contributed by atoms with Crippen LogP contribution in [-0.2, 0) is 4.79 Å². The van der Waals surface area contributed by atoms with Crippen molar-refractivity contribution in [1.82, 2.24) is 20.2 Å². The molecule has 5 nitrogen and oxygen atoms in total. The number of fused-ring (bicyclic) bond motifs is 1. The molecule has 2 aromatic rings. The van der Waals surface area contributed by atoms with Gasteiger partial charge in [-0.1, -0.05) is 12.1 Å². The minimum absolute atomic E-state index is 0. The fourth-order valence-corrected chi connectivity index (χ4v) is 3.79. The normalized spacial score (nSPS) is 16.8. The third-order valence-corrected chi connectivity index (χ3v) is 5.64. The van der Waals surface area contributed by atoms with Gasteiger partial charge in [-0.25, -0.2) is 4.98 Å². The number of halogens is 1. The van der Waals surface area contributed by atoms with E-state index in [1.165, 1.54) is 0 Å². The zero-order valence-electron chi connectivity index (χ0n) is 14.1. The summed E-state index contributed by atoms with van der Waals surface area (Å²) in [6, 6.07) is 8.58. The Labute approximate surface area is 153 Å². The Hall–Kier alpha value is -1.24. The van der Waals surface area contributed by atoms with Crippen LogP contribution in [0.15, 0.2) is 24.3 Å². The molecule has 1 aliphatic heterocycles. The lowest BCUT2D eigenvalue weighted by atomic mass is 10.1. The van der Waals surface area contributed by atoms with Gasteiger partial charge in [0, 0.05) is 19.1 Å². The predicted octanol–water partition coefficient (Wildman–Crippen LogP) is 2.99. The van der Waals surface area contributed by atoms with Gasteiger partial charge in [-0.3, -0.25) is 4.79 Å². The number of thioether (sulfide) groups is 1. The molecule has 1 fully saturated rings. The lowest BCUT2D eigenvalue weighted by Crippen LogP contribution is -2.44. The first-order chi connectivity index (χ1) is 11.2. The van der Waals surface area contributed by atoms with E-state index < -0.39 is 0 Å². The molecule has 3 rings (SSSR count). The largest absolute Gasteiger partial charge is 0.342 e. The second-order valence-electron chi connectivity index (χ2n) is 6.04. The molecule has 1 unspecified atom stereocenters. The molecule has 1 aromatic heterocycles. The molecule has 1 aliphatic rings. The number of H-pyrrole nitrogens is 1. The number of amides is 1. The highest BCUT2D eigenvalue weighted by Crippen LogP contribution is 2.28. The maximum absolute atomic E-state index is 12.4. The highest BCUT2D eigenvalue weighted by atomic mass is 35.5. The monoisotopic (exact) mass is 368 g/mol. The number of hydrogen-bond acceptors (Lipinski definition) is 4. The fourth-order valence-electron chi connectivity index (χ4n) is 2.95. The molecule has 2 heterocycles. The van der Waals surface area contributed by atoms with Crippen LogP contribution in [0.5, 0.6) is 0 Å². The second-order valence-corrected chi connectivity index (χ2v) is 7.37. The zero-order valence-corrected chi connectivity index (χ0v) is 15.8. The maximum atomic E-state index is 12.4. The van der Waals surface area contributed by atoms with Crippen molar-refractivity contribution in [1.29, 1.82) is 0 Å². The molecule has 0 bridgehead atoms. The molecule has 1 saturated heterocycles. The molecule has 0 radical (unpaired) electrons. The van der Waals surface area contributed by atoms with Crippen molar-refractivity contribution in [2.75, 3.05) is 25.9 Å². The van der Waals surface area contributed by atoms with Crippen molar-refractivity contribution in [2.24, 2.45) is 0 Å². The standard InChI is InChI=1S/C17H24N4OS.ClH/c1-12(17-19-14-5-3-4-6-15(14)20-17)23-11-16(22)21-9-7-13(18-2)8-10-21;/h3-6,12-13,18H,7-11H2,1-2H3,(H,19,20);1H. The number of benzene rings is 1. The molecule has 132 valence electrons. The number of likely N-dealkylation sites (tertiary alicyclic amines) is 1. The van der Waals surface area contributed by atoms with Gasteiger partial charge in [0.1, 0.15) is 5.82 Å². The smallest absolute Gasteiger partial charge is 0.232 e. The summed E-state index contributed by atoms with van der Waals surface area (Å²) in [7, 11) is 1.99. The fraction of sp³-hybridized carbons (Fsp3) is 0.529. The lowest BCUT2D eigenvalue weighted by Gasteiger charge is -2.32. The Morgan fingerprint density at radius 1 is 1.42 bits per heavy atom. The van der Waals surface area contributed by atoms with Gasteiger partial charge in [0.2, 0.25) is 5.91 Å². The number of hydrogen-bond donors (Lipinski definition) is 2. The Morgan fingerprint density at radius 2 is 2.12 bits per heavy atom. The Kier molecular flexibility index (Phi) is 6.95. The van der Waals surface area contributed by atoms with E-state index in [1.807, 2.05) is 36.2 Å². The predicted molar refractivity (Wildman–Crippen MR) is 103 cm³/mol. The molecular weight excluding hydrogens is 344 g/mol. The summed E-state index contributed by atoms with van der Waals surface area (Å²) in [6.07, 6.45) is 2.10. The summed E-state index contributed by atoms with van der Waals surface area (Å²) in [5, 5.41) is 3.47. The van der Waals surface area contributed by atoms with Crippen molar-refractivity contribution in [3.63, 3.8) is 0 Å². The number of aromatic amines is 1. The summed E-state index contributed by atoms with van der Waals surface area (Å²) in [5.74, 6) is 1.70. The average molecular weight is 369 g/mol. The van der Waals surface area contributed by atoms with Gasteiger partial charge in [-0.2, -0.15) is 0 Å². The summed E-state index contributed by atoms with van der Waals surface area (Å²) >= 11 is 1.65. The number of aromatic nitrogens is 2. The van der Waals surface area contributed by atoms with E-state index in [9.17, 15) is 4.79 Å². The van der Waals surface area contributed by atoms with Gasteiger partial charge in [0.05, 0.1) is 22.0 Å². The third-order valence-electron chi connectivity index (χ3n) is 4.51. The molecule has 1 amide bonds. The Morgan fingerprint density at radius 3 is 2.79 bits per heavy atom. The first kappa shape index (κ1) is 19.1. The maximum Gasteiger partial charge on any atom is 0.232 e. The van der Waals surface area contributed by atoms with E-state index in [4.69, 9.17) is 0 Å². The van der Waals surface area contributed by atoms with Crippen molar-refractivity contribution in [3.8, 4) is 0 Å². The van der Waals surface area contributed by atoms with Crippen LogP contribution >= 0.6 is 24.2 Å². The number of carbonyl (C=O) groups excluding carboxylic acids is 1. The van der Waals surface area contributed by atoms with Crippen LogP contribution in [0.25, 0.3) is 11.0 Å². The Balaban J connectivity index is 0.00000208. The van der Waals surface area contributed by atoms with Crippen molar-refractivity contribution in [2.45, 2.75) is 31.1 Å². The minimum atomic E-state index is 0. The quantitative estimate of drug-likeness (QED) is 0.851. The molecular formula is C17H25ClN4OS. The van der Waals surface area contributed by atoms with E-state index >= 15 is 0 Å². The minimum Gasteiger partial charge on any atom is -0.342 e. The Bertz CT molecular complexity index is 636. The van der Waals surface area contributed by atoms with E-state index in [0.717, 1.165) is 42.8 Å². The highest BCUT2D eigenvalue weighted by molar-refractivity contribution is 8.00. The van der Waals surface area contributed by atoms with Crippen LogP contribution in [-0.4, -0.2) is 52.7 Å². The highest BCUT2D eigenvalue weighted by Gasteiger charge is 2.22. The number of nitrogens with zero attached hydrogens (tertiary/aromatic N) is 2. The molecule has 24 heavy (non-hydrogen) atoms. The first-order valence-electron chi connectivity index (χ1n) is 8.18. The summed E-state index contributed by atoms with van der Waals surface area (Å²) in [6.45, 7) is 3.83. The molecule has 1 atom stereocenters. The van der Waals surface area contributed by atoms with Crippen LogP contribution in [0.3, 0.4) is 0 Å². The first-order valence-corrected chi connectivity index (χ1v) is 9.23. The van der Waals surface area contributed by atoms with E-state index in [-0.39, 0.29) is 23.6 Å². The van der Waals surface area contributed by atoms with E-state index in [2.05, 4.69) is 22.2 Å². The van der Waals surface area contributed by atoms with Gasteiger partial charge < -0.3 is 15.2 Å². The van der Waals surface area contributed by atoms with Gasteiger partial charge in [-0.15, -0.1) is 24.2 Å². The van der Waals surface area contributed by atoms with Crippen molar-refractivity contribution < 1.29 is 4.79 Å². The van der Waals surface area contributed by atoms with Gasteiger partial charge in [0.15, 0.2) is 0 Å². The topological polar surface area (TPSA) is 61.0 Å². The van der Waals surface area contributed by atoms with Crippen LogP contribution in [0.4, 0.5) is 0 Å². The summed E-state index contributed by atoms with van der Waals surface area (Å²) in [5.41, 5.74) is 2.03. The number of carbonyl (C=O) groups is 1. The number of piperidine rings is 1. The third kappa shape index (κ3) is 4.43. The summed E-state index contributed by atoms with van der Waals surface area (Å²) < 4.78 is 0. The molecule has 0 spiro atoms. The average Bonchev–Trinajstić information content (AvgIpc) is 3.03. The SMILES string of the molecule is CNC1CCN(C(=O)CSC(C)c2nc3ccccc3[nH]2)CC1.Cl. The van der Waals surface area contributed by atoms with E-state index in [0.29, 0.717) is 11.8 Å². The zero-order chi connectivity index (χ0) is 16.2. The summed E-state index contributed by atoms with van der Waals surface area (Å²) in [4.78, 5) is 22.3. The second kappa shape index (κ2) is 8.74. The molecule has 1 aromatic carbocycles. The lowest BCUT2D eigenvalue weighted by molar-refractivity contribution is -0.129. The van der Waals surface area contributed by atoms with Crippen LogP contribution in [0.2, 0.25) is 0 Å². The number of imidazole rings is 1.